The topological polar surface area (TPSA) is 20.3 Å². The standard InChI is InChI=1S/C16H22FNO/c1-11-5-7-12(8-6-11)15(19)18-9-13(14(17)10-18)16(2,3)4/h5-8,13-14H,9-10H2,1-4H3/t13?,14-/m0/s1. The van der Waals surface area contributed by atoms with Crippen LogP contribution in [0.5, 0.6) is 0 Å². The van der Waals surface area contributed by atoms with E-state index in [1.807, 2.05) is 52.0 Å². The van der Waals surface area contributed by atoms with Gasteiger partial charge in [0.1, 0.15) is 6.17 Å². The van der Waals surface area contributed by atoms with Gasteiger partial charge in [-0.1, -0.05) is 38.5 Å². The Hall–Kier alpha value is -1.38. The van der Waals surface area contributed by atoms with Gasteiger partial charge in [-0.05, 0) is 24.5 Å². The molecule has 1 unspecified atom stereocenters. The van der Waals surface area contributed by atoms with E-state index in [0.29, 0.717) is 12.1 Å². The van der Waals surface area contributed by atoms with Crippen molar-refractivity contribution < 1.29 is 9.18 Å². The maximum Gasteiger partial charge on any atom is 0.253 e. The summed E-state index contributed by atoms with van der Waals surface area (Å²) in [5, 5.41) is 0. The van der Waals surface area contributed by atoms with Crippen molar-refractivity contribution in [3.8, 4) is 0 Å². The second kappa shape index (κ2) is 4.95. The summed E-state index contributed by atoms with van der Waals surface area (Å²) in [6.07, 6.45) is -0.922. The van der Waals surface area contributed by atoms with Crippen molar-refractivity contribution in [3.05, 3.63) is 35.4 Å². The highest BCUT2D eigenvalue weighted by Crippen LogP contribution is 2.36. The number of aryl methyl sites for hydroxylation is 1. The maximum atomic E-state index is 14.1. The molecule has 2 nitrogen and oxygen atoms in total. The van der Waals surface area contributed by atoms with Crippen LogP contribution in [0.4, 0.5) is 4.39 Å². The summed E-state index contributed by atoms with van der Waals surface area (Å²) in [5.41, 5.74) is 1.66. The maximum absolute atomic E-state index is 14.1. The molecule has 1 fully saturated rings. The molecule has 0 bridgehead atoms. The minimum absolute atomic E-state index is 0.0607. The van der Waals surface area contributed by atoms with Gasteiger partial charge in [0.25, 0.3) is 5.91 Å². The third-order valence-electron chi connectivity index (χ3n) is 3.95. The van der Waals surface area contributed by atoms with Gasteiger partial charge in [0.15, 0.2) is 0 Å². The van der Waals surface area contributed by atoms with E-state index < -0.39 is 6.17 Å². The molecule has 0 radical (unpaired) electrons. The zero-order valence-electron chi connectivity index (χ0n) is 12.1. The van der Waals surface area contributed by atoms with E-state index in [1.165, 1.54) is 0 Å². The number of benzene rings is 1. The van der Waals surface area contributed by atoms with Gasteiger partial charge in [0.2, 0.25) is 0 Å². The number of carbonyl (C=O) groups is 1. The van der Waals surface area contributed by atoms with Crippen LogP contribution in [0, 0.1) is 18.3 Å². The zero-order valence-corrected chi connectivity index (χ0v) is 12.1. The van der Waals surface area contributed by atoms with Crippen LogP contribution >= 0.6 is 0 Å². The summed E-state index contributed by atoms with van der Waals surface area (Å²) < 4.78 is 14.1. The number of amides is 1. The highest BCUT2D eigenvalue weighted by atomic mass is 19.1. The summed E-state index contributed by atoms with van der Waals surface area (Å²) in [6, 6.07) is 7.46. The van der Waals surface area contributed by atoms with Crippen molar-refractivity contribution in [1.29, 1.82) is 0 Å². The largest absolute Gasteiger partial charge is 0.335 e. The average molecular weight is 263 g/mol. The summed E-state index contributed by atoms with van der Waals surface area (Å²) in [6.45, 7) is 8.81. The van der Waals surface area contributed by atoms with Crippen molar-refractivity contribution in [2.45, 2.75) is 33.9 Å². The third kappa shape index (κ3) is 2.96. The Morgan fingerprint density at radius 3 is 2.26 bits per heavy atom. The molecule has 2 rings (SSSR count). The molecule has 1 amide bonds. The predicted molar refractivity (Wildman–Crippen MR) is 74.9 cm³/mol. The van der Waals surface area contributed by atoms with Gasteiger partial charge in [-0.3, -0.25) is 4.79 Å². The molecule has 2 atom stereocenters. The number of carbonyl (C=O) groups excluding carboxylic acids is 1. The minimum atomic E-state index is -0.922. The molecule has 0 spiro atoms. The van der Waals surface area contributed by atoms with Crippen LogP contribution in [-0.2, 0) is 0 Å². The second-order valence-electron chi connectivity index (χ2n) is 6.56. The fourth-order valence-corrected chi connectivity index (χ4v) is 2.63. The first-order valence-electron chi connectivity index (χ1n) is 6.79. The molecule has 1 saturated heterocycles. The molecule has 19 heavy (non-hydrogen) atoms. The smallest absolute Gasteiger partial charge is 0.253 e. The van der Waals surface area contributed by atoms with E-state index in [9.17, 15) is 9.18 Å². The zero-order chi connectivity index (χ0) is 14.2. The van der Waals surface area contributed by atoms with Crippen molar-refractivity contribution in [2.75, 3.05) is 13.1 Å². The van der Waals surface area contributed by atoms with Crippen LogP contribution in [0.25, 0.3) is 0 Å². The number of rotatable bonds is 1. The van der Waals surface area contributed by atoms with Crippen molar-refractivity contribution in [1.82, 2.24) is 4.90 Å². The van der Waals surface area contributed by atoms with Crippen LogP contribution in [-0.4, -0.2) is 30.1 Å². The normalized spacial score (nSPS) is 23.7. The number of hydrogen-bond acceptors (Lipinski definition) is 1. The van der Waals surface area contributed by atoms with E-state index in [-0.39, 0.29) is 23.8 Å². The lowest BCUT2D eigenvalue weighted by atomic mass is 9.79. The predicted octanol–water partition coefficient (Wildman–Crippen LogP) is 3.45. The van der Waals surface area contributed by atoms with Gasteiger partial charge >= 0.3 is 0 Å². The number of nitrogens with zero attached hydrogens (tertiary/aromatic N) is 1. The van der Waals surface area contributed by atoms with Crippen molar-refractivity contribution in [3.63, 3.8) is 0 Å². The second-order valence-corrected chi connectivity index (χ2v) is 6.56. The summed E-state index contributed by atoms with van der Waals surface area (Å²) in [5.74, 6) is -0.142. The molecule has 1 aliphatic heterocycles. The lowest BCUT2D eigenvalue weighted by Crippen LogP contribution is -2.31. The summed E-state index contributed by atoms with van der Waals surface area (Å²) >= 11 is 0. The van der Waals surface area contributed by atoms with E-state index in [4.69, 9.17) is 0 Å². The lowest BCUT2D eigenvalue weighted by Gasteiger charge is -2.28. The molecule has 1 aromatic carbocycles. The van der Waals surface area contributed by atoms with Gasteiger partial charge < -0.3 is 4.90 Å². The van der Waals surface area contributed by atoms with E-state index in [1.54, 1.807) is 4.90 Å². The first-order valence-corrected chi connectivity index (χ1v) is 6.79. The van der Waals surface area contributed by atoms with Gasteiger partial charge in [0, 0.05) is 18.0 Å². The van der Waals surface area contributed by atoms with Gasteiger partial charge in [-0.15, -0.1) is 0 Å². The molecule has 0 saturated carbocycles. The number of likely N-dealkylation sites (tertiary alicyclic amines) is 1. The van der Waals surface area contributed by atoms with Crippen LogP contribution in [0.3, 0.4) is 0 Å². The fraction of sp³-hybridized carbons (Fsp3) is 0.562. The lowest BCUT2D eigenvalue weighted by molar-refractivity contribution is 0.0775. The van der Waals surface area contributed by atoms with Crippen LogP contribution in [0.2, 0.25) is 0 Å². The minimum Gasteiger partial charge on any atom is -0.335 e. The Labute approximate surface area is 114 Å². The summed E-state index contributed by atoms with van der Waals surface area (Å²) in [7, 11) is 0. The third-order valence-corrected chi connectivity index (χ3v) is 3.95. The molecule has 0 N–H and O–H groups in total. The van der Waals surface area contributed by atoms with Gasteiger partial charge in [-0.25, -0.2) is 4.39 Å². The molecule has 3 heteroatoms. The highest BCUT2D eigenvalue weighted by molar-refractivity contribution is 5.94. The molecular formula is C16H22FNO. The molecule has 0 aliphatic carbocycles. The highest BCUT2D eigenvalue weighted by Gasteiger charge is 2.41. The Bertz CT molecular complexity index is 461. The molecule has 104 valence electrons. The Morgan fingerprint density at radius 2 is 1.79 bits per heavy atom. The van der Waals surface area contributed by atoms with Crippen LogP contribution in [0.1, 0.15) is 36.7 Å². The number of alkyl halides is 1. The molecule has 1 heterocycles. The SMILES string of the molecule is Cc1ccc(C(=O)N2CC(C(C)(C)C)[C@@H](F)C2)cc1. The van der Waals surface area contributed by atoms with E-state index in [2.05, 4.69) is 0 Å². The van der Waals surface area contributed by atoms with Gasteiger partial charge in [0.05, 0.1) is 6.54 Å². The summed E-state index contributed by atoms with van der Waals surface area (Å²) in [4.78, 5) is 14.0. The Kier molecular flexibility index (Phi) is 3.66. The molecular weight excluding hydrogens is 241 g/mol. The van der Waals surface area contributed by atoms with E-state index in [0.717, 1.165) is 5.56 Å². The van der Waals surface area contributed by atoms with Crippen LogP contribution in [0.15, 0.2) is 24.3 Å². The van der Waals surface area contributed by atoms with Crippen molar-refractivity contribution in [2.24, 2.45) is 11.3 Å². The van der Waals surface area contributed by atoms with Crippen molar-refractivity contribution >= 4 is 5.91 Å². The first kappa shape index (κ1) is 14.0. The van der Waals surface area contributed by atoms with Crippen LogP contribution < -0.4 is 0 Å². The monoisotopic (exact) mass is 263 g/mol. The van der Waals surface area contributed by atoms with E-state index >= 15 is 0 Å². The molecule has 1 aromatic rings. The number of hydrogen-bond donors (Lipinski definition) is 0. The molecule has 1 aliphatic rings. The molecule has 0 aromatic heterocycles. The average Bonchev–Trinajstić information content (AvgIpc) is 2.71. The number of halogens is 1. The Balaban J connectivity index is 2.12. The first-order chi connectivity index (χ1) is 8.79. The quantitative estimate of drug-likeness (QED) is 0.760. The van der Waals surface area contributed by atoms with Gasteiger partial charge in [-0.2, -0.15) is 0 Å². The fourth-order valence-electron chi connectivity index (χ4n) is 2.63. The Morgan fingerprint density at radius 1 is 1.21 bits per heavy atom.